The number of nitrogens with zero attached hydrogens (tertiary/aromatic N) is 1. The van der Waals surface area contributed by atoms with Crippen LogP contribution < -0.4 is 15.0 Å². The molecule has 0 radical (unpaired) electrons. The van der Waals surface area contributed by atoms with Crippen molar-refractivity contribution in [2.75, 3.05) is 25.1 Å². The summed E-state index contributed by atoms with van der Waals surface area (Å²) < 4.78 is 10.4. The molecular weight excluding hydrogens is 348 g/mol. The van der Waals surface area contributed by atoms with E-state index in [1.54, 1.807) is 25.1 Å². The van der Waals surface area contributed by atoms with Gasteiger partial charge < -0.3 is 19.7 Å². The van der Waals surface area contributed by atoms with Gasteiger partial charge in [0.25, 0.3) is 5.91 Å². The largest absolute Gasteiger partial charge is 0.495 e. The summed E-state index contributed by atoms with van der Waals surface area (Å²) in [7, 11) is 1.49. The lowest BCUT2D eigenvalue weighted by Gasteiger charge is -2.20. The molecule has 1 aromatic rings. The lowest BCUT2D eigenvalue weighted by Crippen LogP contribution is -2.37. The Balaban J connectivity index is 2.08. The molecule has 7 nitrogen and oxygen atoms in total. The van der Waals surface area contributed by atoms with Crippen molar-refractivity contribution in [2.24, 2.45) is 5.92 Å². The normalized spacial score (nSPS) is 18.0. The lowest BCUT2D eigenvalue weighted by atomic mass is 10.1. The van der Waals surface area contributed by atoms with Crippen molar-refractivity contribution >= 4 is 35.1 Å². The van der Waals surface area contributed by atoms with Gasteiger partial charge in [-0.15, -0.1) is 0 Å². The summed E-state index contributed by atoms with van der Waals surface area (Å²) in [4.78, 5) is 37.7. The third kappa shape index (κ3) is 4.42. The molecule has 1 N–H and O–H groups in total. The maximum Gasteiger partial charge on any atom is 0.312 e. The number of likely N-dealkylation sites (N-methyl/N-ethyl adjacent to an activating group) is 1. The molecule has 136 valence electrons. The van der Waals surface area contributed by atoms with Gasteiger partial charge in [0.15, 0.2) is 6.10 Å². The minimum Gasteiger partial charge on any atom is -0.495 e. The van der Waals surface area contributed by atoms with E-state index >= 15 is 0 Å². The third-order valence-corrected chi connectivity index (χ3v) is 4.14. The Hall–Kier alpha value is -2.28. The van der Waals surface area contributed by atoms with Gasteiger partial charge in [-0.3, -0.25) is 14.4 Å². The number of methoxy groups -OCH3 is 1. The van der Waals surface area contributed by atoms with E-state index in [9.17, 15) is 14.4 Å². The van der Waals surface area contributed by atoms with E-state index in [1.807, 2.05) is 0 Å². The Morgan fingerprint density at radius 1 is 1.44 bits per heavy atom. The van der Waals surface area contributed by atoms with E-state index in [2.05, 4.69) is 5.32 Å². The smallest absolute Gasteiger partial charge is 0.312 e. The molecule has 0 bridgehead atoms. The standard InChI is InChI=1S/C17H21ClN2O5/c1-4-19-16(22)10(2)25-17(23)11-7-15(21)20(9-11)13-8-12(18)5-6-14(13)24-3/h5-6,8,10-11H,4,7,9H2,1-3H3,(H,19,22)/t10-,11+/m0/s1. The zero-order chi connectivity index (χ0) is 18.6. The van der Waals surface area contributed by atoms with E-state index in [0.29, 0.717) is 23.0 Å². The molecule has 0 spiro atoms. The zero-order valence-corrected chi connectivity index (χ0v) is 15.1. The van der Waals surface area contributed by atoms with Crippen molar-refractivity contribution < 1.29 is 23.9 Å². The summed E-state index contributed by atoms with van der Waals surface area (Å²) in [5.41, 5.74) is 0.507. The van der Waals surface area contributed by atoms with Crippen LogP contribution in [0.4, 0.5) is 5.69 Å². The predicted octanol–water partition coefficient (Wildman–Crippen LogP) is 1.77. The number of carbonyl (C=O) groups is 3. The molecule has 2 amide bonds. The van der Waals surface area contributed by atoms with Gasteiger partial charge in [-0.2, -0.15) is 0 Å². The first-order valence-electron chi connectivity index (χ1n) is 7.99. The number of nitrogens with one attached hydrogen (secondary N) is 1. The van der Waals surface area contributed by atoms with Crippen LogP contribution in [0.2, 0.25) is 5.02 Å². The monoisotopic (exact) mass is 368 g/mol. The number of rotatable bonds is 6. The van der Waals surface area contributed by atoms with Crippen LogP contribution in [0, 0.1) is 5.92 Å². The van der Waals surface area contributed by atoms with Gasteiger partial charge in [0.1, 0.15) is 5.75 Å². The number of anilines is 1. The molecule has 1 aromatic carbocycles. The van der Waals surface area contributed by atoms with E-state index < -0.39 is 18.0 Å². The summed E-state index contributed by atoms with van der Waals surface area (Å²) in [6.07, 6.45) is -0.895. The van der Waals surface area contributed by atoms with Gasteiger partial charge in [0.2, 0.25) is 5.91 Å². The quantitative estimate of drug-likeness (QED) is 0.773. The molecule has 0 aromatic heterocycles. The molecule has 1 fully saturated rings. The molecule has 8 heteroatoms. The topological polar surface area (TPSA) is 84.9 Å². The minimum absolute atomic E-state index is 0.0105. The van der Waals surface area contributed by atoms with Gasteiger partial charge in [0, 0.05) is 24.5 Å². The first kappa shape index (κ1) is 19.1. The summed E-state index contributed by atoms with van der Waals surface area (Å²) in [5.74, 6) is -1.33. The van der Waals surface area contributed by atoms with Crippen LogP contribution in [0.3, 0.4) is 0 Å². The van der Waals surface area contributed by atoms with Crippen LogP contribution in [-0.4, -0.2) is 44.1 Å². The highest BCUT2D eigenvalue weighted by Gasteiger charge is 2.38. The number of hydrogen-bond acceptors (Lipinski definition) is 5. The molecule has 1 aliphatic rings. The molecule has 1 heterocycles. The first-order chi connectivity index (χ1) is 11.9. The maximum atomic E-state index is 12.3. The molecule has 1 saturated heterocycles. The molecule has 25 heavy (non-hydrogen) atoms. The summed E-state index contributed by atoms with van der Waals surface area (Å²) >= 11 is 6.00. The molecular formula is C17H21ClN2O5. The number of ether oxygens (including phenoxy) is 2. The summed E-state index contributed by atoms with van der Waals surface area (Å²) in [6.45, 7) is 3.87. The van der Waals surface area contributed by atoms with Crippen LogP contribution in [0.1, 0.15) is 20.3 Å². The Kier molecular flexibility index (Phi) is 6.25. The fraction of sp³-hybridized carbons (Fsp3) is 0.471. The maximum absolute atomic E-state index is 12.3. The number of esters is 1. The predicted molar refractivity (Wildman–Crippen MR) is 92.7 cm³/mol. The fourth-order valence-corrected chi connectivity index (χ4v) is 2.78. The second-order valence-electron chi connectivity index (χ2n) is 5.70. The second kappa shape index (κ2) is 8.20. The number of benzene rings is 1. The summed E-state index contributed by atoms with van der Waals surface area (Å²) in [5, 5.41) is 3.04. The van der Waals surface area contributed by atoms with Crippen molar-refractivity contribution in [3.63, 3.8) is 0 Å². The average Bonchev–Trinajstić information content (AvgIpc) is 2.96. The Labute approximate surface area is 151 Å². The van der Waals surface area contributed by atoms with Gasteiger partial charge in [-0.25, -0.2) is 0 Å². The van der Waals surface area contributed by atoms with Crippen LogP contribution in [0.25, 0.3) is 0 Å². The zero-order valence-electron chi connectivity index (χ0n) is 14.4. The molecule has 0 aliphatic carbocycles. The van der Waals surface area contributed by atoms with Crippen LogP contribution in [0.15, 0.2) is 18.2 Å². The molecule has 0 saturated carbocycles. The van der Waals surface area contributed by atoms with Crippen molar-refractivity contribution in [2.45, 2.75) is 26.4 Å². The highest BCUT2D eigenvalue weighted by Crippen LogP contribution is 2.35. The van der Waals surface area contributed by atoms with Gasteiger partial charge in [-0.05, 0) is 32.0 Å². The van der Waals surface area contributed by atoms with Crippen molar-refractivity contribution in [1.29, 1.82) is 0 Å². The highest BCUT2D eigenvalue weighted by molar-refractivity contribution is 6.31. The van der Waals surface area contributed by atoms with Gasteiger partial charge >= 0.3 is 5.97 Å². The van der Waals surface area contributed by atoms with Crippen molar-refractivity contribution in [3.8, 4) is 5.75 Å². The second-order valence-corrected chi connectivity index (χ2v) is 6.13. The van der Waals surface area contributed by atoms with Crippen LogP contribution in [0.5, 0.6) is 5.75 Å². The number of hydrogen-bond donors (Lipinski definition) is 1. The number of carbonyl (C=O) groups excluding carboxylic acids is 3. The Morgan fingerprint density at radius 3 is 2.80 bits per heavy atom. The lowest BCUT2D eigenvalue weighted by molar-refractivity contribution is -0.158. The van der Waals surface area contributed by atoms with Gasteiger partial charge in [0.05, 0.1) is 18.7 Å². The van der Waals surface area contributed by atoms with Gasteiger partial charge in [-0.1, -0.05) is 11.6 Å². The average molecular weight is 369 g/mol. The first-order valence-corrected chi connectivity index (χ1v) is 8.37. The Morgan fingerprint density at radius 2 is 2.16 bits per heavy atom. The SMILES string of the molecule is CCNC(=O)[C@H](C)OC(=O)[C@@H]1CC(=O)N(c2cc(Cl)ccc2OC)C1. The number of halogens is 1. The van der Waals surface area contributed by atoms with Crippen LogP contribution in [-0.2, 0) is 19.1 Å². The molecule has 2 rings (SSSR count). The third-order valence-electron chi connectivity index (χ3n) is 3.90. The highest BCUT2D eigenvalue weighted by atomic mass is 35.5. The van der Waals surface area contributed by atoms with Crippen molar-refractivity contribution in [3.05, 3.63) is 23.2 Å². The number of amides is 2. The molecule has 2 atom stereocenters. The summed E-state index contributed by atoms with van der Waals surface area (Å²) in [6, 6.07) is 4.93. The van der Waals surface area contributed by atoms with Crippen LogP contribution >= 0.6 is 11.6 Å². The Bertz CT molecular complexity index is 679. The van der Waals surface area contributed by atoms with E-state index in [0.717, 1.165) is 0 Å². The fourth-order valence-electron chi connectivity index (χ4n) is 2.61. The van der Waals surface area contributed by atoms with E-state index in [4.69, 9.17) is 21.1 Å². The minimum atomic E-state index is -0.905. The van der Waals surface area contributed by atoms with E-state index in [1.165, 1.54) is 18.9 Å². The van der Waals surface area contributed by atoms with Crippen molar-refractivity contribution in [1.82, 2.24) is 5.32 Å². The van der Waals surface area contributed by atoms with E-state index in [-0.39, 0.29) is 24.8 Å². The molecule has 1 aliphatic heterocycles. The molecule has 0 unspecified atom stereocenters.